The molecule has 0 bridgehead atoms. The van der Waals surface area contributed by atoms with E-state index in [2.05, 4.69) is 15.5 Å². The number of benzene rings is 1. The Morgan fingerprint density at radius 2 is 2.11 bits per heavy atom. The lowest BCUT2D eigenvalue weighted by Gasteiger charge is -2.11. The summed E-state index contributed by atoms with van der Waals surface area (Å²) in [6, 6.07) is 6.17. The van der Waals surface area contributed by atoms with Gasteiger partial charge in [-0.3, -0.25) is 4.79 Å². The van der Waals surface area contributed by atoms with Gasteiger partial charge >= 0.3 is 6.18 Å². The van der Waals surface area contributed by atoms with E-state index in [9.17, 15) is 18.0 Å². The number of amides is 1. The first kappa shape index (κ1) is 19.3. The van der Waals surface area contributed by atoms with Gasteiger partial charge in [-0.1, -0.05) is 23.4 Å². The van der Waals surface area contributed by atoms with Crippen molar-refractivity contribution in [3.05, 3.63) is 47.2 Å². The molecule has 27 heavy (non-hydrogen) atoms. The second-order valence-corrected chi connectivity index (χ2v) is 6.72. The molecule has 6 nitrogen and oxygen atoms in total. The molecule has 3 aromatic rings. The Labute approximate surface area is 160 Å². The molecule has 0 atom stereocenters. The number of anilines is 1. The minimum atomic E-state index is -4.53. The number of carbonyl (C=O) groups excluding carboxylic acids is 1. The van der Waals surface area contributed by atoms with Crippen LogP contribution in [0.25, 0.3) is 11.6 Å². The van der Waals surface area contributed by atoms with Crippen molar-refractivity contribution < 1.29 is 22.4 Å². The van der Waals surface area contributed by atoms with Gasteiger partial charge in [-0.2, -0.15) is 13.2 Å². The Balaban J connectivity index is 1.66. The van der Waals surface area contributed by atoms with Crippen LogP contribution in [0.2, 0.25) is 5.02 Å². The zero-order valence-electron chi connectivity index (χ0n) is 13.7. The van der Waals surface area contributed by atoms with Crippen molar-refractivity contribution in [3.8, 4) is 11.6 Å². The van der Waals surface area contributed by atoms with Crippen LogP contribution < -0.4 is 5.32 Å². The summed E-state index contributed by atoms with van der Waals surface area (Å²) in [6.07, 6.45) is -3.03. The van der Waals surface area contributed by atoms with E-state index in [1.54, 1.807) is 23.7 Å². The predicted molar refractivity (Wildman–Crippen MR) is 94.5 cm³/mol. The Morgan fingerprint density at radius 3 is 2.78 bits per heavy atom. The summed E-state index contributed by atoms with van der Waals surface area (Å²) in [4.78, 5) is 12.1. The lowest BCUT2D eigenvalue weighted by molar-refractivity contribution is -0.137. The zero-order chi connectivity index (χ0) is 19.6. The highest BCUT2D eigenvalue weighted by atomic mass is 35.5. The molecule has 0 saturated heterocycles. The number of rotatable bonds is 5. The zero-order valence-corrected chi connectivity index (χ0v) is 15.3. The average molecular weight is 417 g/mol. The number of furan rings is 1. The summed E-state index contributed by atoms with van der Waals surface area (Å²) in [6.45, 7) is 0. The van der Waals surface area contributed by atoms with E-state index in [-0.39, 0.29) is 16.5 Å². The van der Waals surface area contributed by atoms with Gasteiger partial charge in [0.05, 0.1) is 28.3 Å². The van der Waals surface area contributed by atoms with E-state index in [1.165, 1.54) is 6.26 Å². The molecule has 0 spiro atoms. The number of hydrogen-bond donors (Lipinski definition) is 1. The molecule has 0 unspecified atom stereocenters. The van der Waals surface area contributed by atoms with E-state index in [0.717, 1.165) is 30.0 Å². The number of hydrogen-bond acceptors (Lipinski definition) is 5. The van der Waals surface area contributed by atoms with Crippen molar-refractivity contribution in [1.29, 1.82) is 0 Å². The van der Waals surface area contributed by atoms with Gasteiger partial charge < -0.3 is 14.3 Å². The summed E-state index contributed by atoms with van der Waals surface area (Å²) in [5, 5.41) is 10.8. The standard InChI is InChI=1S/C16H12ClF3N4O2S/c1-24-14(12-3-2-6-26-12)22-23-15(24)27-8-13(25)21-11-7-9(16(18,19)20)4-5-10(11)17/h2-7H,8H2,1H3,(H,21,25). The molecule has 0 fully saturated rings. The maximum absolute atomic E-state index is 12.8. The van der Waals surface area contributed by atoms with E-state index in [0.29, 0.717) is 16.7 Å². The van der Waals surface area contributed by atoms with Crippen LogP contribution in [0, 0.1) is 0 Å². The van der Waals surface area contributed by atoms with Crippen LogP contribution in [0.5, 0.6) is 0 Å². The third kappa shape index (κ3) is 4.45. The van der Waals surface area contributed by atoms with Crippen LogP contribution in [0.4, 0.5) is 18.9 Å². The number of nitrogens with zero attached hydrogens (tertiary/aromatic N) is 3. The molecule has 0 aliphatic rings. The smallest absolute Gasteiger partial charge is 0.416 e. The number of nitrogens with one attached hydrogen (secondary N) is 1. The quantitative estimate of drug-likeness (QED) is 0.621. The van der Waals surface area contributed by atoms with Crippen molar-refractivity contribution in [3.63, 3.8) is 0 Å². The van der Waals surface area contributed by atoms with Crippen LogP contribution in [-0.4, -0.2) is 26.4 Å². The highest BCUT2D eigenvalue weighted by molar-refractivity contribution is 7.99. The largest absolute Gasteiger partial charge is 0.461 e. The van der Waals surface area contributed by atoms with Crippen LogP contribution in [0.3, 0.4) is 0 Å². The highest BCUT2D eigenvalue weighted by Gasteiger charge is 2.31. The summed E-state index contributed by atoms with van der Waals surface area (Å²) in [7, 11) is 1.71. The average Bonchev–Trinajstić information content (AvgIpc) is 3.23. The maximum atomic E-state index is 12.8. The molecule has 0 radical (unpaired) electrons. The Kier molecular flexibility index (Phi) is 5.47. The van der Waals surface area contributed by atoms with Gasteiger partial charge in [-0.05, 0) is 30.3 Å². The lowest BCUT2D eigenvalue weighted by Crippen LogP contribution is -2.16. The number of halogens is 4. The van der Waals surface area contributed by atoms with Gasteiger partial charge in [0.1, 0.15) is 0 Å². The molecule has 1 N–H and O–H groups in total. The molecule has 2 heterocycles. The molecule has 1 amide bonds. The second kappa shape index (κ2) is 7.65. The normalized spacial score (nSPS) is 11.6. The minimum absolute atomic E-state index is 0.0140. The summed E-state index contributed by atoms with van der Waals surface area (Å²) in [5.74, 6) is 0.404. The van der Waals surface area contributed by atoms with Crippen LogP contribution >= 0.6 is 23.4 Å². The van der Waals surface area contributed by atoms with Crippen molar-refractivity contribution in [2.24, 2.45) is 7.05 Å². The van der Waals surface area contributed by atoms with Crippen molar-refractivity contribution in [2.45, 2.75) is 11.3 Å². The number of thioether (sulfide) groups is 1. The number of aromatic nitrogens is 3. The summed E-state index contributed by atoms with van der Waals surface area (Å²) < 4.78 is 45.3. The van der Waals surface area contributed by atoms with Gasteiger partial charge in [-0.25, -0.2) is 0 Å². The Morgan fingerprint density at radius 1 is 1.33 bits per heavy atom. The van der Waals surface area contributed by atoms with Crippen molar-refractivity contribution in [1.82, 2.24) is 14.8 Å². The third-order valence-corrected chi connectivity index (χ3v) is 4.83. The first-order valence-electron chi connectivity index (χ1n) is 7.48. The van der Waals surface area contributed by atoms with Crippen LogP contribution in [0.1, 0.15) is 5.56 Å². The SMILES string of the molecule is Cn1c(SCC(=O)Nc2cc(C(F)(F)F)ccc2Cl)nnc1-c1ccco1. The molecule has 2 aromatic heterocycles. The molecule has 0 saturated carbocycles. The molecule has 3 rings (SSSR count). The summed E-state index contributed by atoms with van der Waals surface area (Å²) in [5.41, 5.74) is -1.00. The highest BCUT2D eigenvalue weighted by Crippen LogP contribution is 2.34. The van der Waals surface area contributed by atoms with Gasteiger partial charge in [-0.15, -0.1) is 10.2 Å². The molecule has 142 valence electrons. The number of alkyl halides is 3. The Hall–Kier alpha value is -2.46. The summed E-state index contributed by atoms with van der Waals surface area (Å²) >= 11 is 6.95. The third-order valence-electron chi connectivity index (χ3n) is 3.48. The fraction of sp³-hybridized carbons (Fsp3) is 0.188. The fourth-order valence-electron chi connectivity index (χ4n) is 2.17. The molecular weight excluding hydrogens is 405 g/mol. The van der Waals surface area contributed by atoms with Crippen molar-refractivity contribution >= 4 is 35.0 Å². The van der Waals surface area contributed by atoms with Gasteiger partial charge in [0.2, 0.25) is 5.91 Å². The van der Waals surface area contributed by atoms with Gasteiger partial charge in [0.25, 0.3) is 0 Å². The van der Waals surface area contributed by atoms with E-state index in [1.807, 2.05) is 0 Å². The lowest BCUT2D eigenvalue weighted by atomic mass is 10.2. The first-order valence-corrected chi connectivity index (χ1v) is 8.84. The second-order valence-electron chi connectivity index (χ2n) is 5.37. The van der Waals surface area contributed by atoms with E-state index in [4.69, 9.17) is 16.0 Å². The Bertz CT molecular complexity index is 957. The van der Waals surface area contributed by atoms with E-state index < -0.39 is 17.6 Å². The first-order chi connectivity index (χ1) is 12.8. The molecular formula is C16H12ClF3N4O2S. The van der Waals surface area contributed by atoms with Crippen LogP contribution in [0.15, 0.2) is 46.2 Å². The monoisotopic (exact) mass is 416 g/mol. The minimum Gasteiger partial charge on any atom is -0.461 e. The maximum Gasteiger partial charge on any atom is 0.416 e. The fourth-order valence-corrected chi connectivity index (χ4v) is 3.05. The van der Waals surface area contributed by atoms with Gasteiger partial charge in [0.15, 0.2) is 16.7 Å². The van der Waals surface area contributed by atoms with Crippen LogP contribution in [-0.2, 0) is 18.0 Å². The topological polar surface area (TPSA) is 73.0 Å². The molecule has 1 aromatic carbocycles. The molecule has 11 heteroatoms. The van der Waals surface area contributed by atoms with Crippen molar-refractivity contribution in [2.75, 3.05) is 11.1 Å². The molecule has 0 aliphatic heterocycles. The number of carbonyl (C=O) groups is 1. The van der Waals surface area contributed by atoms with Gasteiger partial charge in [0, 0.05) is 7.05 Å². The van der Waals surface area contributed by atoms with E-state index >= 15 is 0 Å². The predicted octanol–water partition coefficient (Wildman–Crippen LogP) is 4.48. The molecule has 0 aliphatic carbocycles.